The lowest BCUT2D eigenvalue weighted by molar-refractivity contribution is 0.521. The largest absolute Gasteiger partial charge is 0.469 e. The Morgan fingerprint density at radius 1 is 1.31 bits per heavy atom. The molecule has 0 saturated heterocycles. The lowest BCUT2D eigenvalue weighted by atomic mass is 10.1. The smallest absolute Gasteiger partial charge is 0.305 e. The van der Waals surface area contributed by atoms with Gasteiger partial charge in [-0.15, -0.1) is 0 Å². The molecule has 1 N–H and O–H groups in total. The standard InChI is InChI=1S/C12H9NO2S/c14-12-13-10-4-3-8(7-11(10)16-12)6-9-2-1-5-15-9/h1-5,7H,6H2,(H,13,14). The van der Waals surface area contributed by atoms with E-state index in [0.29, 0.717) is 0 Å². The lowest BCUT2D eigenvalue weighted by Crippen LogP contribution is -1.89. The van der Waals surface area contributed by atoms with Crippen LogP contribution in [0.2, 0.25) is 0 Å². The average Bonchev–Trinajstić information content (AvgIpc) is 2.85. The summed E-state index contributed by atoms with van der Waals surface area (Å²) in [6.45, 7) is 0. The van der Waals surface area contributed by atoms with E-state index in [4.69, 9.17) is 4.42 Å². The summed E-state index contributed by atoms with van der Waals surface area (Å²) in [5, 5.41) is 0. The Bertz CT molecular complexity index is 664. The minimum atomic E-state index is -0.00912. The van der Waals surface area contributed by atoms with Gasteiger partial charge in [0.2, 0.25) is 0 Å². The third-order valence-electron chi connectivity index (χ3n) is 2.44. The third kappa shape index (κ3) is 1.67. The van der Waals surface area contributed by atoms with Crippen LogP contribution in [-0.2, 0) is 6.42 Å². The van der Waals surface area contributed by atoms with Gasteiger partial charge in [0.15, 0.2) is 0 Å². The Morgan fingerprint density at radius 2 is 2.25 bits per heavy atom. The molecule has 0 aliphatic heterocycles. The van der Waals surface area contributed by atoms with Gasteiger partial charge in [-0.25, -0.2) is 0 Å². The van der Waals surface area contributed by atoms with E-state index in [-0.39, 0.29) is 4.87 Å². The van der Waals surface area contributed by atoms with Crippen LogP contribution in [0.15, 0.2) is 45.8 Å². The molecule has 0 atom stereocenters. The third-order valence-corrected chi connectivity index (χ3v) is 3.29. The fourth-order valence-corrected chi connectivity index (χ4v) is 2.51. The molecule has 3 rings (SSSR count). The molecule has 0 radical (unpaired) electrons. The first-order valence-electron chi connectivity index (χ1n) is 4.95. The molecular weight excluding hydrogens is 222 g/mol. The number of aromatic nitrogens is 1. The summed E-state index contributed by atoms with van der Waals surface area (Å²) >= 11 is 1.24. The normalized spacial score (nSPS) is 11.0. The van der Waals surface area contributed by atoms with Crippen molar-refractivity contribution in [3.8, 4) is 0 Å². The maximum Gasteiger partial charge on any atom is 0.305 e. The molecule has 0 amide bonds. The van der Waals surface area contributed by atoms with Crippen molar-refractivity contribution in [2.75, 3.05) is 0 Å². The van der Waals surface area contributed by atoms with E-state index in [9.17, 15) is 4.79 Å². The van der Waals surface area contributed by atoms with E-state index < -0.39 is 0 Å². The van der Waals surface area contributed by atoms with Crippen LogP contribution in [0.25, 0.3) is 10.2 Å². The van der Waals surface area contributed by atoms with Crippen molar-refractivity contribution in [2.24, 2.45) is 0 Å². The number of rotatable bonds is 2. The molecular formula is C12H9NO2S. The topological polar surface area (TPSA) is 46.0 Å². The zero-order chi connectivity index (χ0) is 11.0. The Kier molecular flexibility index (Phi) is 2.15. The second-order valence-corrected chi connectivity index (χ2v) is 4.62. The first kappa shape index (κ1) is 9.42. The summed E-state index contributed by atoms with van der Waals surface area (Å²) in [7, 11) is 0. The molecule has 1 aromatic carbocycles. The van der Waals surface area contributed by atoms with Gasteiger partial charge in [-0.1, -0.05) is 17.4 Å². The zero-order valence-electron chi connectivity index (χ0n) is 8.40. The number of fused-ring (bicyclic) bond motifs is 1. The number of aromatic amines is 1. The summed E-state index contributed by atoms with van der Waals surface area (Å²) in [6, 6.07) is 9.80. The Morgan fingerprint density at radius 3 is 3.06 bits per heavy atom. The molecule has 0 spiro atoms. The van der Waals surface area contributed by atoms with Gasteiger partial charge >= 0.3 is 4.87 Å². The molecule has 0 aliphatic carbocycles. The van der Waals surface area contributed by atoms with Gasteiger partial charge in [0.1, 0.15) is 5.76 Å². The van der Waals surface area contributed by atoms with Gasteiger partial charge in [0.25, 0.3) is 0 Å². The van der Waals surface area contributed by atoms with Gasteiger partial charge < -0.3 is 9.40 Å². The summed E-state index contributed by atoms with van der Waals surface area (Å²) < 4.78 is 6.28. The molecule has 80 valence electrons. The van der Waals surface area contributed by atoms with Crippen LogP contribution in [0.1, 0.15) is 11.3 Å². The molecule has 0 bridgehead atoms. The highest BCUT2D eigenvalue weighted by Gasteiger charge is 2.02. The summed E-state index contributed by atoms with van der Waals surface area (Å²) in [5.41, 5.74) is 2.05. The van der Waals surface area contributed by atoms with Crippen molar-refractivity contribution < 1.29 is 4.42 Å². The number of nitrogens with one attached hydrogen (secondary N) is 1. The van der Waals surface area contributed by atoms with E-state index in [1.165, 1.54) is 11.3 Å². The number of H-pyrrole nitrogens is 1. The van der Waals surface area contributed by atoms with Crippen molar-refractivity contribution in [1.82, 2.24) is 4.98 Å². The average molecular weight is 231 g/mol. The van der Waals surface area contributed by atoms with Crippen molar-refractivity contribution in [3.63, 3.8) is 0 Å². The van der Waals surface area contributed by atoms with Crippen LogP contribution in [0.3, 0.4) is 0 Å². The van der Waals surface area contributed by atoms with Crippen LogP contribution < -0.4 is 4.87 Å². The fraction of sp³-hybridized carbons (Fsp3) is 0.0833. The van der Waals surface area contributed by atoms with Gasteiger partial charge in [-0.3, -0.25) is 4.79 Å². The monoisotopic (exact) mass is 231 g/mol. The Labute approximate surface area is 95.4 Å². The van der Waals surface area contributed by atoms with E-state index >= 15 is 0 Å². The molecule has 3 nitrogen and oxygen atoms in total. The van der Waals surface area contributed by atoms with Gasteiger partial charge in [-0.2, -0.15) is 0 Å². The van der Waals surface area contributed by atoms with E-state index in [1.807, 2.05) is 30.3 Å². The first-order valence-corrected chi connectivity index (χ1v) is 5.77. The van der Waals surface area contributed by atoms with E-state index in [2.05, 4.69) is 4.98 Å². The number of benzene rings is 1. The van der Waals surface area contributed by atoms with Gasteiger partial charge in [0, 0.05) is 6.42 Å². The van der Waals surface area contributed by atoms with Crippen LogP contribution in [-0.4, -0.2) is 4.98 Å². The molecule has 16 heavy (non-hydrogen) atoms. The first-order chi connectivity index (χ1) is 7.81. The maximum atomic E-state index is 11.2. The SMILES string of the molecule is O=c1[nH]c2ccc(Cc3ccco3)cc2s1. The second-order valence-electron chi connectivity index (χ2n) is 3.60. The zero-order valence-corrected chi connectivity index (χ0v) is 9.21. The molecule has 0 saturated carbocycles. The highest BCUT2D eigenvalue weighted by Crippen LogP contribution is 2.18. The van der Waals surface area contributed by atoms with Gasteiger partial charge in [0.05, 0.1) is 16.5 Å². The molecule has 2 heterocycles. The molecule has 0 fully saturated rings. The van der Waals surface area contributed by atoms with Crippen molar-refractivity contribution >= 4 is 21.6 Å². The number of furan rings is 1. The Hall–Kier alpha value is -1.81. The van der Waals surface area contributed by atoms with Crippen LogP contribution >= 0.6 is 11.3 Å². The summed E-state index contributed by atoms with van der Waals surface area (Å²) in [5.74, 6) is 0.933. The van der Waals surface area contributed by atoms with Gasteiger partial charge in [-0.05, 0) is 29.8 Å². The van der Waals surface area contributed by atoms with E-state index in [0.717, 1.165) is 28.0 Å². The highest BCUT2D eigenvalue weighted by molar-refractivity contribution is 7.16. The molecule has 4 heteroatoms. The molecule has 0 unspecified atom stereocenters. The summed E-state index contributed by atoms with van der Waals surface area (Å²) in [4.78, 5) is 13.9. The fourth-order valence-electron chi connectivity index (χ4n) is 1.71. The van der Waals surface area contributed by atoms with Crippen LogP contribution in [0.4, 0.5) is 0 Å². The maximum absolute atomic E-state index is 11.2. The minimum absolute atomic E-state index is 0.00912. The van der Waals surface area contributed by atoms with E-state index in [1.54, 1.807) is 6.26 Å². The lowest BCUT2D eigenvalue weighted by Gasteiger charge is -1.97. The van der Waals surface area contributed by atoms with Crippen molar-refractivity contribution in [3.05, 3.63) is 57.6 Å². The van der Waals surface area contributed by atoms with Crippen molar-refractivity contribution in [1.29, 1.82) is 0 Å². The predicted octanol–water partition coefficient (Wildman–Crippen LogP) is 2.77. The van der Waals surface area contributed by atoms with Crippen LogP contribution in [0.5, 0.6) is 0 Å². The van der Waals surface area contributed by atoms with Crippen LogP contribution in [0, 0.1) is 0 Å². The summed E-state index contributed by atoms with van der Waals surface area (Å²) in [6.07, 6.45) is 2.43. The number of hydrogen-bond acceptors (Lipinski definition) is 3. The molecule has 2 aromatic heterocycles. The number of hydrogen-bond donors (Lipinski definition) is 1. The quantitative estimate of drug-likeness (QED) is 0.737. The highest BCUT2D eigenvalue weighted by atomic mass is 32.1. The molecule has 0 aliphatic rings. The predicted molar refractivity (Wildman–Crippen MR) is 64.0 cm³/mol. The number of thiazole rings is 1. The molecule has 3 aromatic rings. The second kappa shape index (κ2) is 3.64. The van der Waals surface area contributed by atoms with Crippen molar-refractivity contribution in [2.45, 2.75) is 6.42 Å². The Balaban J connectivity index is 2.01. The minimum Gasteiger partial charge on any atom is -0.469 e.